The normalized spacial score (nSPS) is 14.9. The van der Waals surface area contributed by atoms with Gasteiger partial charge in [-0.15, -0.1) is 6.58 Å². The fourth-order valence-electron chi connectivity index (χ4n) is 1.77. The molecule has 92 valence electrons. The minimum atomic E-state index is -0.176. The van der Waals surface area contributed by atoms with Crippen LogP contribution in [0, 0.1) is 0 Å². The number of aromatic nitrogens is 1. The molecule has 17 heavy (non-hydrogen) atoms. The molecule has 2 rings (SSSR count). The number of nitrogens with zero attached hydrogens (tertiary/aromatic N) is 2. The Bertz CT molecular complexity index is 423. The molecule has 1 fully saturated rings. The molecule has 0 saturated carbocycles. The standard InChI is InChI=1S/C11H16N4OS/c1-2-5-13-10(16)8-9(12)14-11(17-8)15-6-3-4-7-15/h2H,1,3-7,12H2,(H,13,16). The maximum absolute atomic E-state index is 11.8. The van der Waals surface area contributed by atoms with Crippen LogP contribution in [0.3, 0.4) is 0 Å². The first-order valence-corrected chi connectivity index (χ1v) is 6.44. The molecule has 1 aromatic heterocycles. The molecule has 0 radical (unpaired) electrons. The first kappa shape index (κ1) is 11.9. The van der Waals surface area contributed by atoms with E-state index in [1.54, 1.807) is 6.08 Å². The first-order valence-electron chi connectivity index (χ1n) is 5.62. The number of carbonyl (C=O) groups is 1. The van der Waals surface area contributed by atoms with E-state index in [-0.39, 0.29) is 5.91 Å². The second kappa shape index (κ2) is 5.18. The largest absolute Gasteiger partial charge is 0.382 e. The van der Waals surface area contributed by atoms with Gasteiger partial charge in [-0.25, -0.2) is 4.98 Å². The summed E-state index contributed by atoms with van der Waals surface area (Å²) in [5.41, 5.74) is 5.77. The van der Waals surface area contributed by atoms with Crippen LogP contribution >= 0.6 is 11.3 Å². The highest BCUT2D eigenvalue weighted by Gasteiger charge is 2.21. The molecule has 1 amide bonds. The number of thiazole rings is 1. The van der Waals surface area contributed by atoms with Crippen molar-refractivity contribution in [3.8, 4) is 0 Å². The van der Waals surface area contributed by atoms with Crippen molar-refractivity contribution in [1.29, 1.82) is 0 Å². The Morgan fingerprint density at radius 2 is 2.29 bits per heavy atom. The van der Waals surface area contributed by atoms with Crippen LogP contribution in [0.25, 0.3) is 0 Å². The number of hydrogen-bond acceptors (Lipinski definition) is 5. The van der Waals surface area contributed by atoms with E-state index in [0.717, 1.165) is 18.2 Å². The van der Waals surface area contributed by atoms with Crippen LogP contribution in [0.5, 0.6) is 0 Å². The van der Waals surface area contributed by atoms with E-state index in [1.165, 1.54) is 24.2 Å². The predicted octanol–water partition coefficient (Wildman–Crippen LogP) is 1.24. The molecular formula is C11H16N4OS. The Labute approximate surface area is 104 Å². The number of carbonyl (C=O) groups excluding carboxylic acids is 1. The lowest BCUT2D eigenvalue weighted by Crippen LogP contribution is -2.23. The number of anilines is 2. The zero-order valence-electron chi connectivity index (χ0n) is 9.61. The maximum atomic E-state index is 11.8. The van der Waals surface area contributed by atoms with E-state index in [0.29, 0.717) is 17.2 Å². The van der Waals surface area contributed by atoms with E-state index in [1.807, 2.05) is 0 Å². The highest BCUT2D eigenvalue weighted by Crippen LogP contribution is 2.30. The molecule has 0 aromatic carbocycles. The summed E-state index contributed by atoms with van der Waals surface area (Å²) < 4.78 is 0. The van der Waals surface area contributed by atoms with E-state index >= 15 is 0 Å². The molecule has 0 unspecified atom stereocenters. The van der Waals surface area contributed by atoms with Crippen molar-refractivity contribution in [2.45, 2.75) is 12.8 Å². The molecule has 1 aromatic rings. The SMILES string of the molecule is C=CCNC(=O)c1sc(N2CCCC2)nc1N. The smallest absolute Gasteiger partial charge is 0.265 e. The fourth-order valence-corrected chi connectivity index (χ4v) is 2.73. The number of nitrogens with one attached hydrogen (secondary N) is 1. The van der Waals surface area contributed by atoms with Crippen LogP contribution in [0.15, 0.2) is 12.7 Å². The van der Waals surface area contributed by atoms with Gasteiger partial charge in [0, 0.05) is 19.6 Å². The number of nitrogen functional groups attached to an aromatic ring is 1. The molecule has 5 nitrogen and oxygen atoms in total. The lowest BCUT2D eigenvalue weighted by molar-refractivity contribution is 0.0962. The summed E-state index contributed by atoms with van der Waals surface area (Å²) in [7, 11) is 0. The van der Waals surface area contributed by atoms with Crippen molar-refractivity contribution in [2.24, 2.45) is 0 Å². The molecule has 1 aliphatic rings. The summed E-state index contributed by atoms with van der Waals surface area (Å²) in [6, 6.07) is 0. The molecule has 0 aliphatic carbocycles. The molecule has 0 bridgehead atoms. The minimum Gasteiger partial charge on any atom is -0.382 e. The lowest BCUT2D eigenvalue weighted by atomic mass is 10.4. The summed E-state index contributed by atoms with van der Waals surface area (Å²) >= 11 is 1.36. The molecule has 3 N–H and O–H groups in total. The van der Waals surface area contributed by atoms with Gasteiger partial charge >= 0.3 is 0 Å². The van der Waals surface area contributed by atoms with Gasteiger partial charge in [-0.3, -0.25) is 4.79 Å². The third-order valence-corrected chi connectivity index (χ3v) is 3.76. The fraction of sp³-hybridized carbons (Fsp3) is 0.455. The summed E-state index contributed by atoms with van der Waals surface area (Å²) in [5, 5.41) is 3.56. The first-order chi connectivity index (χ1) is 8.22. The molecular weight excluding hydrogens is 236 g/mol. The monoisotopic (exact) mass is 252 g/mol. The minimum absolute atomic E-state index is 0.176. The van der Waals surface area contributed by atoms with Gasteiger partial charge in [0.1, 0.15) is 10.7 Å². The van der Waals surface area contributed by atoms with Gasteiger partial charge in [0.25, 0.3) is 5.91 Å². The molecule has 0 spiro atoms. The zero-order valence-corrected chi connectivity index (χ0v) is 10.4. The lowest BCUT2D eigenvalue weighted by Gasteiger charge is -2.11. The Balaban J connectivity index is 2.12. The van der Waals surface area contributed by atoms with Crippen molar-refractivity contribution >= 4 is 28.2 Å². The maximum Gasteiger partial charge on any atom is 0.265 e. The number of amides is 1. The third kappa shape index (κ3) is 2.58. The van der Waals surface area contributed by atoms with E-state index in [4.69, 9.17) is 5.73 Å². The highest BCUT2D eigenvalue weighted by atomic mass is 32.1. The molecule has 1 saturated heterocycles. The zero-order chi connectivity index (χ0) is 12.3. The molecule has 1 aliphatic heterocycles. The molecule has 0 atom stereocenters. The quantitative estimate of drug-likeness (QED) is 0.791. The molecule has 6 heteroatoms. The Hall–Kier alpha value is -1.56. The van der Waals surface area contributed by atoms with Crippen molar-refractivity contribution < 1.29 is 4.79 Å². The van der Waals surface area contributed by atoms with Crippen LogP contribution in [0.2, 0.25) is 0 Å². The predicted molar refractivity (Wildman–Crippen MR) is 70.5 cm³/mol. The summed E-state index contributed by atoms with van der Waals surface area (Å²) in [5.74, 6) is 0.142. The van der Waals surface area contributed by atoms with Crippen molar-refractivity contribution in [3.05, 3.63) is 17.5 Å². The Morgan fingerprint density at radius 3 is 2.94 bits per heavy atom. The van der Waals surface area contributed by atoms with Crippen LogP contribution in [0.1, 0.15) is 22.5 Å². The second-order valence-electron chi connectivity index (χ2n) is 3.90. The summed E-state index contributed by atoms with van der Waals surface area (Å²) in [6.45, 7) is 5.99. The van der Waals surface area contributed by atoms with Crippen LogP contribution in [0.4, 0.5) is 10.9 Å². The van der Waals surface area contributed by atoms with Gasteiger partial charge in [0.2, 0.25) is 0 Å². The van der Waals surface area contributed by atoms with Crippen LogP contribution < -0.4 is 16.0 Å². The van der Waals surface area contributed by atoms with E-state index < -0.39 is 0 Å². The van der Waals surface area contributed by atoms with Crippen molar-refractivity contribution in [2.75, 3.05) is 30.3 Å². The van der Waals surface area contributed by atoms with Gasteiger partial charge in [-0.05, 0) is 12.8 Å². The topological polar surface area (TPSA) is 71.2 Å². The second-order valence-corrected chi connectivity index (χ2v) is 4.88. The highest BCUT2D eigenvalue weighted by molar-refractivity contribution is 7.18. The van der Waals surface area contributed by atoms with Gasteiger partial charge in [0.05, 0.1) is 0 Å². The Morgan fingerprint density at radius 1 is 1.59 bits per heavy atom. The van der Waals surface area contributed by atoms with E-state index in [9.17, 15) is 4.79 Å². The van der Waals surface area contributed by atoms with Gasteiger partial charge < -0.3 is 16.0 Å². The Kier molecular flexibility index (Phi) is 3.63. The van der Waals surface area contributed by atoms with Crippen LogP contribution in [-0.4, -0.2) is 30.5 Å². The van der Waals surface area contributed by atoms with E-state index in [2.05, 4.69) is 21.8 Å². The van der Waals surface area contributed by atoms with Crippen molar-refractivity contribution in [3.63, 3.8) is 0 Å². The van der Waals surface area contributed by atoms with Gasteiger partial charge in [0.15, 0.2) is 5.13 Å². The van der Waals surface area contributed by atoms with Gasteiger partial charge in [-0.1, -0.05) is 17.4 Å². The van der Waals surface area contributed by atoms with Gasteiger partial charge in [-0.2, -0.15) is 0 Å². The summed E-state index contributed by atoms with van der Waals surface area (Å²) in [4.78, 5) is 18.7. The average molecular weight is 252 g/mol. The van der Waals surface area contributed by atoms with Crippen LogP contribution in [-0.2, 0) is 0 Å². The summed E-state index contributed by atoms with van der Waals surface area (Å²) in [6.07, 6.45) is 3.99. The average Bonchev–Trinajstić information content (AvgIpc) is 2.94. The number of hydrogen-bond donors (Lipinski definition) is 2. The third-order valence-electron chi connectivity index (χ3n) is 2.63. The number of nitrogens with two attached hydrogens (primary N) is 1. The number of rotatable bonds is 4. The van der Waals surface area contributed by atoms with Crippen molar-refractivity contribution in [1.82, 2.24) is 10.3 Å². The molecule has 2 heterocycles.